The summed E-state index contributed by atoms with van der Waals surface area (Å²) >= 11 is 0. The molecular formula is C13H18N2O2. The Bertz CT molecular complexity index is 431. The van der Waals surface area contributed by atoms with E-state index in [1.54, 1.807) is 0 Å². The van der Waals surface area contributed by atoms with E-state index in [0.717, 1.165) is 29.8 Å². The zero-order valence-electron chi connectivity index (χ0n) is 10.0. The first-order valence-electron chi connectivity index (χ1n) is 5.86. The molecule has 0 radical (unpaired) electrons. The Morgan fingerprint density at radius 1 is 1.59 bits per heavy atom. The van der Waals surface area contributed by atoms with Crippen molar-refractivity contribution in [2.24, 2.45) is 11.7 Å². The smallest absolute Gasteiger partial charge is 0.222 e. The number of anilines is 1. The quantitative estimate of drug-likeness (QED) is 0.813. The third-order valence-corrected chi connectivity index (χ3v) is 3.45. The molecule has 92 valence electrons. The van der Waals surface area contributed by atoms with Crippen LogP contribution in [0.15, 0.2) is 18.2 Å². The second-order valence-electron chi connectivity index (χ2n) is 4.60. The minimum Gasteiger partial charge on any atom is -0.392 e. The number of hydrogen-bond acceptors (Lipinski definition) is 3. The van der Waals surface area contributed by atoms with Crippen LogP contribution in [0.3, 0.4) is 0 Å². The van der Waals surface area contributed by atoms with E-state index in [2.05, 4.69) is 11.0 Å². The second kappa shape index (κ2) is 4.75. The van der Waals surface area contributed by atoms with Crippen molar-refractivity contribution in [2.75, 3.05) is 18.0 Å². The number of aliphatic hydroxyl groups is 1. The van der Waals surface area contributed by atoms with Gasteiger partial charge in [0.15, 0.2) is 0 Å². The van der Waals surface area contributed by atoms with Gasteiger partial charge in [0.25, 0.3) is 0 Å². The van der Waals surface area contributed by atoms with Gasteiger partial charge in [0.1, 0.15) is 0 Å². The van der Waals surface area contributed by atoms with Gasteiger partial charge in [-0.15, -0.1) is 0 Å². The summed E-state index contributed by atoms with van der Waals surface area (Å²) in [7, 11) is 0. The molecule has 1 aromatic carbocycles. The molecule has 1 heterocycles. The SMILES string of the molecule is Cc1cc(N2CCC(C(N)=O)C2)ccc1CO. The molecule has 1 aliphatic heterocycles. The van der Waals surface area contributed by atoms with E-state index in [9.17, 15) is 4.79 Å². The number of carbonyl (C=O) groups excluding carboxylic acids is 1. The maximum Gasteiger partial charge on any atom is 0.222 e. The predicted octanol–water partition coefficient (Wildman–Crippen LogP) is 0.799. The van der Waals surface area contributed by atoms with Gasteiger partial charge in [-0.1, -0.05) is 6.07 Å². The number of primary amides is 1. The zero-order chi connectivity index (χ0) is 12.4. The fraction of sp³-hybridized carbons (Fsp3) is 0.462. The standard InChI is InChI=1S/C13H18N2O2/c1-9-6-12(3-2-11(9)8-16)15-5-4-10(7-15)13(14)17/h2-3,6,10,16H,4-5,7-8H2,1H3,(H2,14,17). The molecule has 2 rings (SSSR count). The molecule has 17 heavy (non-hydrogen) atoms. The van der Waals surface area contributed by atoms with Crippen LogP contribution in [0.25, 0.3) is 0 Å². The maximum absolute atomic E-state index is 11.1. The topological polar surface area (TPSA) is 66.6 Å². The Morgan fingerprint density at radius 2 is 2.35 bits per heavy atom. The molecule has 1 amide bonds. The van der Waals surface area contributed by atoms with Crippen molar-refractivity contribution >= 4 is 11.6 Å². The van der Waals surface area contributed by atoms with Crippen molar-refractivity contribution in [1.82, 2.24) is 0 Å². The van der Waals surface area contributed by atoms with Crippen molar-refractivity contribution in [3.8, 4) is 0 Å². The van der Waals surface area contributed by atoms with E-state index in [4.69, 9.17) is 10.8 Å². The Balaban J connectivity index is 2.14. The van der Waals surface area contributed by atoms with Crippen LogP contribution in [-0.4, -0.2) is 24.1 Å². The number of benzene rings is 1. The second-order valence-corrected chi connectivity index (χ2v) is 4.60. The summed E-state index contributed by atoms with van der Waals surface area (Å²) in [6, 6.07) is 5.97. The van der Waals surface area contributed by atoms with Crippen LogP contribution >= 0.6 is 0 Å². The van der Waals surface area contributed by atoms with E-state index in [1.165, 1.54) is 0 Å². The third kappa shape index (κ3) is 2.42. The predicted molar refractivity (Wildman–Crippen MR) is 66.6 cm³/mol. The summed E-state index contributed by atoms with van der Waals surface area (Å²) in [5.41, 5.74) is 8.44. The van der Waals surface area contributed by atoms with Crippen LogP contribution in [0.4, 0.5) is 5.69 Å². The van der Waals surface area contributed by atoms with Crippen molar-refractivity contribution in [3.05, 3.63) is 29.3 Å². The summed E-state index contributed by atoms with van der Waals surface area (Å²) in [5.74, 6) is -0.246. The number of nitrogens with two attached hydrogens (primary N) is 1. The molecule has 0 bridgehead atoms. The lowest BCUT2D eigenvalue weighted by Gasteiger charge is -2.19. The average molecular weight is 234 g/mol. The number of amides is 1. The number of nitrogens with zero attached hydrogens (tertiary/aromatic N) is 1. The molecule has 0 spiro atoms. The van der Waals surface area contributed by atoms with Crippen LogP contribution in [0.5, 0.6) is 0 Å². The highest BCUT2D eigenvalue weighted by molar-refractivity contribution is 5.78. The van der Waals surface area contributed by atoms with Gasteiger partial charge in [-0.25, -0.2) is 0 Å². The summed E-state index contributed by atoms with van der Waals surface area (Å²) in [5, 5.41) is 9.11. The fourth-order valence-electron chi connectivity index (χ4n) is 2.28. The lowest BCUT2D eigenvalue weighted by atomic mass is 10.1. The monoisotopic (exact) mass is 234 g/mol. The van der Waals surface area contributed by atoms with E-state index >= 15 is 0 Å². The molecule has 1 fully saturated rings. The Hall–Kier alpha value is -1.55. The lowest BCUT2D eigenvalue weighted by molar-refractivity contribution is -0.121. The Morgan fingerprint density at radius 3 is 2.88 bits per heavy atom. The number of hydrogen-bond donors (Lipinski definition) is 2. The summed E-state index contributed by atoms with van der Waals surface area (Å²) in [6.45, 7) is 3.62. The van der Waals surface area contributed by atoms with Gasteiger partial charge >= 0.3 is 0 Å². The molecule has 1 unspecified atom stereocenters. The average Bonchev–Trinajstić information content (AvgIpc) is 2.78. The van der Waals surface area contributed by atoms with Crippen LogP contribution in [0, 0.1) is 12.8 Å². The first kappa shape index (κ1) is 11.9. The molecule has 3 N–H and O–H groups in total. The summed E-state index contributed by atoms with van der Waals surface area (Å²) in [6.07, 6.45) is 0.829. The number of aryl methyl sites for hydroxylation is 1. The number of rotatable bonds is 3. The molecule has 4 nitrogen and oxygen atoms in total. The number of aliphatic hydroxyl groups excluding tert-OH is 1. The molecule has 1 aliphatic rings. The molecule has 1 saturated heterocycles. The first-order chi connectivity index (χ1) is 8.11. The van der Waals surface area contributed by atoms with Gasteiger partial charge in [-0.05, 0) is 36.6 Å². The summed E-state index contributed by atoms with van der Waals surface area (Å²) < 4.78 is 0. The molecule has 1 aromatic rings. The first-order valence-corrected chi connectivity index (χ1v) is 5.86. The largest absolute Gasteiger partial charge is 0.392 e. The highest BCUT2D eigenvalue weighted by Crippen LogP contribution is 2.25. The van der Waals surface area contributed by atoms with Gasteiger partial charge in [-0.2, -0.15) is 0 Å². The Kier molecular flexibility index (Phi) is 3.33. The minimum atomic E-state index is -0.212. The van der Waals surface area contributed by atoms with E-state index < -0.39 is 0 Å². The van der Waals surface area contributed by atoms with E-state index in [0.29, 0.717) is 6.54 Å². The molecule has 4 heteroatoms. The maximum atomic E-state index is 11.1. The Labute approximate surface area is 101 Å². The van der Waals surface area contributed by atoms with Crippen molar-refractivity contribution in [2.45, 2.75) is 20.0 Å². The lowest BCUT2D eigenvalue weighted by Crippen LogP contribution is -2.27. The molecule has 0 aromatic heterocycles. The van der Waals surface area contributed by atoms with Crippen LogP contribution in [0.2, 0.25) is 0 Å². The minimum absolute atomic E-state index is 0.0344. The summed E-state index contributed by atoms with van der Waals surface area (Å²) in [4.78, 5) is 13.3. The molecule has 1 atom stereocenters. The van der Waals surface area contributed by atoms with Gasteiger partial charge < -0.3 is 15.7 Å². The number of carbonyl (C=O) groups is 1. The molecule has 0 saturated carbocycles. The van der Waals surface area contributed by atoms with Gasteiger partial charge in [0, 0.05) is 18.8 Å². The van der Waals surface area contributed by atoms with Gasteiger partial charge in [0.05, 0.1) is 12.5 Å². The van der Waals surface area contributed by atoms with Crippen LogP contribution in [0.1, 0.15) is 17.5 Å². The molecular weight excluding hydrogens is 216 g/mol. The van der Waals surface area contributed by atoms with Gasteiger partial charge in [0.2, 0.25) is 5.91 Å². The van der Waals surface area contributed by atoms with Gasteiger partial charge in [-0.3, -0.25) is 4.79 Å². The normalized spacial score (nSPS) is 19.6. The van der Waals surface area contributed by atoms with Crippen molar-refractivity contribution in [1.29, 1.82) is 0 Å². The highest BCUT2D eigenvalue weighted by atomic mass is 16.3. The van der Waals surface area contributed by atoms with Crippen LogP contribution in [-0.2, 0) is 11.4 Å². The molecule has 0 aliphatic carbocycles. The van der Waals surface area contributed by atoms with Crippen LogP contribution < -0.4 is 10.6 Å². The van der Waals surface area contributed by atoms with E-state index in [1.807, 2.05) is 19.1 Å². The highest BCUT2D eigenvalue weighted by Gasteiger charge is 2.26. The van der Waals surface area contributed by atoms with Crippen molar-refractivity contribution in [3.63, 3.8) is 0 Å². The van der Waals surface area contributed by atoms with E-state index in [-0.39, 0.29) is 18.4 Å². The fourth-order valence-corrected chi connectivity index (χ4v) is 2.28. The third-order valence-electron chi connectivity index (χ3n) is 3.45. The van der Waals surface area contributed by atoms with Crippen molar-refractivity contribution < 1.29 is 9.90 Å². The zero-order valence-corrected chi connectivity index (χ0v) is 10.0.